The molecule has 4 rings (SSSR count). The summed E-state index contributed by atoms with van der Waals surface area (Å²) >= 11 is 0. The molecule has 0 aliphatic carbocycles. The lowest BCUT2D eigenvalue weighted by Crippen LogP contribution is -2.56. The minimum Gasteiger partial charge on any atom is -0.338 e. The molecule has 0 spiro atoms. The van der Waals surface area contributed by atoms with Crippen LogP contribution in [0.1, 0.15) is 18.4 Å². The summed E-state index contributed by atoms with van der Waals surface area (Å²) in [6, 6.07) is 8.17. The van der Waals surface area contributed by atoms with Gasteiger partial charge in [0.05, 0.1) is 6.54 Å². The molecule has 2 saturated heterocycles. The number of hydrogen-bond acceptors (Lipinski definition) is 7. The van der Waals surface area contributed by atoms with Crippen LogP contribution < -0.4 is 0 Å². The van der Waals surface area contributed by atoms with Crippen LogP contribution in [-0.4, -0.2) is 96.4 Å². The molecule has 30 heavy (non-hydrogen) atoms. The predicted octanol–water partition coefficient (Wildman–Crippen LogP) is 0.909. The summed E-state index contributed by atoms with van der Waals surface area (Å²) in [5.41, 5.74) is 2.21. The Morgan fingerprint density at radius 3 is 2.13 bits per heavy atom. The van der Waals surface area contributed by atoms with Crippen LogP contribution in [0.2, 0.25) is 0 Å². The lowest BCUT2D eigenvalue weighted by molar-refractivity contribution is 0.152. The Bertz CT molecular complexity index is 930. The zero-order valence-corrected chi connectivity index (χ0v) is 18.5. The van der Waals surface area contributed by atoms with Crippen molar-refractivity contribution in [3.8, 4) is 11.4 Å². The van der Waals surface area contributed by atoms with Gasteiger partial charge in [-0.05, 0) is 19.0 Å². The lowest BCUT2D eigenvalue weighted by Gasteiger charge is -2.38. The van der Waals surface area contributed by atoms with Gasteiger partial charge in [0.2, 0.25) is 11.7 Å². The van der Waals surface area contributed by atoms with Crippen molar-refractivity contribution in [2.45, 2.75) is 19.9 Å². The summed E-state index contributed by atoms with van der Waals surface area (Å²) in [4.78, 5) is 8.83. The van der Waals surface area contributed by atoms with Crippen molar-refractivity contribution < 1.29 is 12.9 Å². The van der Waals surface area contributed by atoms with Crippen molar-refractivity contribution in [3.63, 3.8) is 0 Å². The van der Waals surface area contributed by atoms with E-state index in [0.717, 1.165) is 25.1 Å². The van der Waals surface area contributed by atoms with E-state index in [-0.39, 0.29) is 0 Å². The first-order chi connectivity index (χ1) is 14.5. The maximum Gasteiger partial charge on any atom is 0.282 e. The van der Waals surface area contributed by atoms with Gasteiger partial charge >= 0.3 is 0 Å². The number of likely N-dealkylation sites (N-methyl/N-ethyl adjacent to an activating group) is 1. The summed E-state index contributed by atoms with van der Waals surface area (Å²) in [5.74, 6) is 1.14. The largest absolute Gasteiger partial charge is 0.338 e. The van der Waals surface area contributed by atoms with Gasteiger partial charge in [0.15, 0.2) is 0 Å². The molecular weight excluding hydrogens is 404 g/mol. The van der Waals surface area contributed by atoms with Gasteiger partial charge in [-0.15, -0.1) is 0 Å². The molecule has 2 aliphatic heterocycles. The highest BCUT2D eigenvalue weighted by atomic mass is 32.2. The maximum atomic E-state index is 12.9. The average Bonchev–Trinajstić information content (AvgIpc) is 3.23. The van der Waals surface area contributed by atoms with Crippen LogP contribution in [-0.2, 0) is 23.2 Å². The molecule has 1 aromatic heterocycles. The Balaban J connectivity index is 1.31. The molecule has 10 heteroatoms. The third-order valence-electron chi connectivity index (χ3n) is 5.89. The Kier molecular flexibility index (Phi) is 6.49. The van der Waals surface area contributed by atoms with Crippen LogP contribution in [0.3, 0.4) is 0 Å². The van der Waals surface area contributed by atoms with E-state index >= 15 is 0 Å². The van der Waals surface area contributed by atoms with E-state index in [1.165, 1.54) is 5.56 Å². The van der Waals surface area contributed by atoms with Crippen molar-refractivity contribution in [2.75, 3.05) is 59.4 Å². The van der Waals surface area contributed by atoms with Crippen LogP contribution in [0, 0.1) is 0 Å². The van der Waals surface area contributed by atoms with Gasteiger partial charge in [-0.25, -0.2) is 0 Å². The maximum absolute atomic E-state index is 12.9. The fourth-order valence-electron chi connectivity index (χ4n) is 3.82. The Labute approximate surface area is 178 Å². The lowest BCUT2D eigenvalue weighted by atomic mass is 10.1. The number of piperazine rings is 2. The van der Waals surface area contributed by atoms with Gasteiger partial charge in [0, 0.05) is 57.9 Å². The van der Waals surface area contributed by atoms with Crippen LogP contribution in [0.15, 0.2) is 28.8 Å². The fourth-order valence-corrected chi connectivity index (χ4v) is 5.39. The molecule has 0 atom stereocenters. The number of aromatic nitrogens is 2. The number of aryl methyl sites for hydroxylation is 1. The van der Waals surface area contributed by atoms with Crippen molar-refractivity contribution in [3.05, 3.63) is 35.7 Å². The molecular formula is C20H30N6O3S. The molecule has 0 N–H and O–H groups in total. The second-order valence-corrected chi connectivity index (χ2v) is 9.88. The predicted molar refractivity (Wildman–Crippen MR) is 114 cm³/mol. The Morgan fingerprint density at radius 1 is 0.933 bits per heavy atom. The van der Waals surface area contributed by atoms with Gasteiger partial charge in [0.1, 0.15) is 0 Å². The zero-order valence-electron chi connectivity index (χ0n) is 17.7. The normalized spacial score (nSPS) is 20.6. The summed E-state index contributed by atoms with van der Waals surface area (Å²) in [5, 5.41) is 4.10. The molecule has 2 fully saturated rings. The minimum atomic E-state index is -3.38. The van der Waals surface area contributed by atoms with Gasteiger partial charge in [0.25, 0.3) is 10.2 Å². The number of benzene rings is 1. The quantitative estimate of drug-likeness (QED) is 0.668. The molecule has 2 aromatic rings. The molecule has 2 aliphatic rings. The first-order valence-corrected chi connectivity index (χ1v) is 11.9. The molecule has 1 aromatic carbocycles. The van der Waals surface area contributed by atoms with E-state index < -0.39 is 10.2 Å². The van der Waals surface area contributed by atoms with Crippen LogP contribution in [0.4, 0.5) is 0 Å². The standard InChI is InChI=1S/C20H30N6O3S/c1-3-17-4-6-18(7-5-17)20-21-19(29-22-20)16-24-10-14-26(15-11-24)30(27,28)25-12-8-23(2)9-13-25/h4-7H,3,8-16H2,1-2H3. The smallest absolute Gasteiger partial charge is 0.282 e. The summed E-state index contributed by atoms with van der Waals surface area (Å²) < 4.78 is 34.4. The van der Waals surface area contributed by atoms with Gasteiger partial charge in [-0.3, -0.25) is 4.90 Å². The summed E-state index contributed by atoms with van der Waals surface area (Å²) in [6.07, 6.45) is 0.994. The van der Waals surface area contributed by atoms with Crippen molar-refractivity contribution in [1.82, 2.24) is 28.6 Å². The third-order valence-corrected chi connectivity index (χ3v) is 7.93. The van der Waals surface area contributed by atoms with E-state index in [4.69, 9.17) is 4.52 Å². The zero-order chi connectivity index (χ0) is 21.1. The highest BCUT2D eigenvalue weighted by Gasteiger charge is 2.34. The van der Waals surface area contributed by atoms with E-state index in [0.29, 0.717) is 57.5 Å². The Hall–Kier alpha value is -1.85. The van der Waals surface area contributed by atoms with Gasteiger partial charge in [-0.1, -0.05) is 36.3 Å². The summed E-state index contributed by atoms with van der Waals surface area (Å²) in [6.45, 7) is 7.58. The number of hydrogen-bond donors (Lipinski definition) is 0. The molecule has 0 saturated carbocycles. The van der Waals surface area contributed by atoms with Crippen LogP contribution >= 0.6 is 0 Å². The number of nitrogens with zero attached hydrogens (tertiary/aromatic N) is 6. The van der Waals surface area contributed by atoms with Crippen LogP contribution in [0.25, 0.3) is 11.4 Å². The second-order valence-electron chi connectivity index (χ2n) is 7.95. The molecule has 164 valence electrons. The van der Waals surface area contributed by atoms with Crippen molar-refractivity contribution in [1.29, 1.82) is 0 Å². The number of rotatable bonds is 6. The molecule has 9 nitrogen and oxygen atoms in total. The molecule has 0 radical (unpaired) electrons. The first-order valence-electron chi connectivity index (χ1n) is 10.5. The average molecular weight is 435 g/mol. The topological polar surface area (TPSA) is 86.0 Å². The highest BCUT2D eigenvalue weighted by Crippen LogP contribution is 2.19. The Morgan fingerprint density at radius 2 is 1.53 bits per heavy atom. The van der Waals surface area contributed by atoms with Crippen molar-refractivity contribution >= 4 is 10.2 Å². The van der Waals surface area contributed by atoms with E-state index in [2.05, 4.69) is 39.0 Å². The van der Waals surface area contributed by atoms with E-state index in [1.54, 1.807) is 8.61 Å². The molecule has 0 amide bonds. The van der Waals surface area contributed by atoms with E-state index in [1.807, 2.05) is 19.2 Å². The van der Waals surface area contributed by atoms with Crippen LogP contribution in [0.5, 0.6) is 0 Å². The van der Waals surface area contributed by atoms with E-state index in [9.17, 15) is 8.42 Å². The first kappa shape index (κ1) is 21.4. The molecule has 3 heterocycles. The second kappa shape index (κ2) is 9.11. The SMILES string of the molecule is CCc1ccc(-c2noc(CN3CCN(S(=O)(=O)N4CCN(C)CC4)CC3)n2)cc1. The summed E-state index contributed by atoms with van der Waals surface area (Å²) in [7, 11) is -1.36. The third kappa shape index (κ3) is 4.73. The van der Waals surface area contributed by atoms with Gasteiger partial charge in [-0.2, -0.15) is 22.0 Å². The fraction of sp³-hybridized carbons (Fsp3) is 0.600. The minimum absolute atomic E-state index is 0.480. The molecule has 0 unspecified atom stereocenters. The van der Waals surface area contributed by atoms with Crippen molar-refractivity contribution in [2.24, 2.45) is 0 Å². The van der Waals surface area contributed by atoms with Gasteiger partial charge < -0.3 is 9.42 Å². The molecule has 0 bridgehead atoms. The highest BCUT2D eigenvalue weighted by molar-refractivity contribution is 7.86. The monoisotopic (exact) mass is 434 g/mol.